The van der Waals surface area contributed by atoms with E-state index in [1.807, 2.05) is 20.8 Å². The summed E-state index contributed by atoms with van der Waals surface area (Å²) in [5.74, 6) is 0. The molecule has 0 atom stereocenters. The Balaban J connectivity index is 2.94. The van der Waals surface area contributed by atoms with Crippen molar-refractivity contribution < 1.29 is 9.90 Å². The Bertz CT molecular complexity index is 373. The van der Waals surface area contributed by atoms with Gasteiger partial charge in [0.05, 0.1) is 18.1 Å². The maximum absolute atomic E-state index is 11.1. The van der Waals surface area contributed by atoms with Crippen molar-refractivity contribution in [3.05, 3.63) is 17.7 Å². The summed E-state index contributed by atoms with van der Waals surface area (Å²) in [6.45, 7) is 6.24. The molecule has 1 rings (SSSR count). The lowest BCUT2D eigenvalue weighted by molar-refractivity contribution is 0.198. The summed E-state index contributed by atoms with van der Waals surface area (Å²) in [6, 6.07) is 0. The summed E-state index contributed by atoms with van der Waals surface area (Å²) in [7, 11) is 0. The van der Waals surface area contributed by atoms with Gasteiger partial charge in [0.25, 0.3) is 0 Å². The van der Waals surface area contributed by atoms with E-state index in [0.29, 0.717) is 12.2 Å². The number of amides is 1. The lowest BCUT2D eigenvalue weighted by Gasteiger charge is -2.27. The topological polar surface area (TPSA) is 66.3 Å². The van der Waals surface area contributed by atoms with Crippen LogP contribution in [0.25, 0.3) is 0 Å². The molecule has 0 aliphatic carbocycles. The average molecular weight is 244 g/mol. The predicted octanol–water partition coefficient (Wildman–Crippen LogP) is 2.66. The van der Waals surface area contributed by atoms with Crippen LogP contribution in [0, 0.1) is 5.41 Å². The van der Waals surface area contributed by atoms with Crippen LogP contribution in [0.4, 0.5) is 10.5 Å². The smallest absolute Gasteiger partial charge is 0.411 e. The molecule has 0 unspecified atom stereocenters. The molecule has 0 saturated heterocycles. The second kappa shape index (κ2) is 4.65. The van der Waals surface area contributed by atoms with Crippen molar-refractivity contribution in [2.75, 3.05) is 11.4 Å². The molecular formula is C10H14ClN3O2. The monoisotopic (exact) mass is 243 g/mol. The molecule has 0 aliphatic rings. The Morgan fingerprint density at radius 1 is 1.44 bits per heavy atom. The lowest BCUT2D eigenvalue weighted by atomic mass is 9.96. The summed E-state index contributed by atoms with van der Waals surface area (Å²) in [5.41, 5.74) is 0.282. The molecule has 0 fully saturated rings. The van der Waals surface area contributed by atoms with Crippen molar-refractivity contribution >= 4 is 23.4 Å². The summed E-state index contributed by atoms with van der Waals surface area (Å²) in [4.78, 5) is 19.8. The van der Waals surface area contributed by atoms with Crippen LogP contribution in [-0.4, -0.2) is 27.7 Å². The van der Waals surface area contributed by atoms with Gasteiger partial charge < -0.3 is 5.11 Å². The number of carboxylic acid groups (broad SMARTS) is 1. The Kier molecular flexibility index (Phi) is 3.70. The molecule has 0 saturated carbocycles. The van der Waals surface area contributed by atoms with E-state index < -0.39 is 6.09 Å². The minimum atomic E-state index is -1.03. The summed E-state index contributed by atoms with van der Waals surface area (Å²) >= 11 is 5.54. The van der Waals surface area contributed by atoms with Gasteiger partial charge in [0.1, 0.15) is 0 Å². The molecule has 16 heavy (non-hydrogen) atoms. The van der Waals surface area contributed by atoms with E-state index in [4.69, 9.17) is 16.7 Å². The van der Waals surface area contributed by atoms with Gasteiger partial charge in [-0.3, -0.25) is 4.90 Å². The van der Waals surface area contributed by atoms with Gasteiger partial charge in [-0.15, -0.1) is 0 Å². The summed E-state index contributed by atoms with van der Waals surface area (Å²) < 4.78 is 0. The number of anilines is 1. The zero-order chi connectivity index (χ0) is 12.3. The SMILES string of the molecule is CC(C)(C)CN(C(=O)O)c1cnc(Cl)nc1. The van der Waals surface area contributed by atoms with Crippen LogP contribution < -0.4 is 4.90 Å². The Morgan fingerprint density at radius 3 is 2.31 bits per heavy atom. The molecule has 1 amide bonds. The minimum Gasteiger partial charge on any atom is -0.465 e. The highest BCUT2D eigenvalue weighted by atomic mass is 35.5. The van der Waals surface area contributed by atoms with Gasteiger partial charge in [-0.25, -0.2) is 14.8 Å². The average Bonchev–Trinajstić information content (AvgIpc) is 2.14. The highest BCUT2D eigenvalue weighted by Gasteiger charge is 2.22. The predicted molar refractivity (Wildman–Crippen MR) is 61.9 cm³/mol. The summed E-state index contributed by atoms with van der Waals surface area (Å²) in [5, 5.41) is 9.20. The fourth-order valence-corrected chi connectivity index (χ4v) is 1.29. The van der Waals surface area contributed by atoms with E-state index >= 15 is 0 Å². The van der Waals surface area contributed by atoms with Gasteiger partial charge in [-0.1, -0.05) is 20.8 Å². The normalized spacial score (nSPS) is 11.2. The molecule has 1 aromatic heterocycles. The molecule has 0 spiro atoms. The van der Waals surface area contributed by atoms with Gasteiger partial charge in [0.2, 0.25) is 5.28 Å². The van der Waals surface area contributed by atoms with Gasteiger partial charge >= 0.3 is 6.09 Å². The highest BCUT2D eigenvalue weighted by Crippen LogP contribution is 2.21. The molecule has 0 bridgehead atoms. The number of halogens is 1. The molecule has 0 radical (unpaired) electrons. The van der Waals surface area contributed by atoms with Gasteiger partial charge in [-0.2, -0.15) is 0 Å². The van der Waals surface area contributed by atoms with Crippen LogP contribution in [0.1, 0.15) is 20.8 Å². The third-order valence-corrected chi connectivity index (χ3v) is 1.98. The van der Waals surface area contributed by atoms with Crippen molar-refractivity contribution in [2.45, 2.75) is 20.8 Å². The van der Waals surface area contributed by atoms with Crippen molar-refractivity contribution in [3.8, 4) is 0 Å². The fraction of sp³-hybridized carbons (Fsp3) is 0.500. The first-order chi connectivity index (χ1) is 7.29. The quantitative estimate of drug-likeness (QED) is 0.811. The third kappa shape index (κ3) is 3.66. The van der Waals surface area contributed by atoms with E-state index in [0.717, 1.165) is 0 Å². The van der Waals surface area contributed by atoms with Crippen LogP contribution in [0.15, 0.2) is 12.4 Å². The number of aromatic nitrogens is 2. The van der Waals surface area contributed by atoms with Crippen molar-refractivity contribution in [2.24, 2.45) is 5.41 Å². The van der Waals surface area contributed by atoms with Crippen LogP contribution in [-0.2, 0) is 0 Å². The number of carbonyl (C=O) groups is 1. The zero-order valence-electron chi connectivity index (χ0n) is 9.44. The molecule has 0 aliphatic heterocycles. The van der Waals surface area contributed by atoms with Crippen LogP contribution in [0.2, 0.25) is 5.28 Å². The van der Waals surface area contributed by atoms with Crippen LogP contribution in [0.3, 0.4) is 0 Å². The second-order valence-corrected chi connectivity index (χ2v) is 4.98. The molecule has 88 valence electrons. The Hall–Kier alpha value is -1.36. The Morgan fingerprint density at radius 2 is 1.94 bits per heavy atom. The highest BCUT2D eigenvalue weighted by molar-refractivity contribution is 6.28. The zero-order valence-corrected chi connectivity index (χ0v) is 10.2. The number of hydrogen-bond acceptors (Lipinski definition) is 3. The van der Waals surface area contributed by atoms with Crippen molar-refractivity contribution in [3.63, 3.8) is 0 Å². The van der Waals surface area contributed by atoms with Gasteiger partial charge in [-0.05, 0) is 17.0 Å². The van der Waals surface area contributed by atoms with Gasteiger partial charge in [0, 0.05) is 6.54 Å². The van der Waals surface area contributed by atoms with Gasteiger partial charge in [0.15, 0.2) is 0 Å². The number of hydrogen-bond donors (Lipinski definition) is 1. The molecule has 1 heterocycles. The first-order valence-corrected chi connectivity index (χ1v) is 5.15. The van der Waals surface area contributed by atoms with E-state index in [9.17, 15) is 4.79 Å². The van der Waals surface area contributed by atoms with E-state index in [1.165, 1.54) is 17.3 Å². The number of rotatable bonds is 2. The van der Waals surface area contributed by atoms with E-state index in [2.05, 4.69) is 9.97 Å². The standard InChI is InChI=1S/C10H14ClN3O2/c1-10(2,3)6-14(9(15)16)7-4-12-8(11)13-5-7/h4-5H,6H2,1-3H3,(H,15,16). The maximum atomic E-state index is 11.1. The molecule has 0 aromatic carbocycles. The number of nitrogens with zero attached hydrogens (tertiary/aromatic N) is 3. The molecule has 5 nitrogen and oxygen atoms in total. The summed E-state index contributed by atoms with van der Waals surface area (Å²) in [6.07, 6.45) is 1.77. The maximum Gasteiger partial charge on any atom is 0.411 e. The van der Waals surface area contributed by atoms with Crippen molar-refractivity contribution in [1.82, 2.24) is 9.97 Å². The van der Waals surface area contributed by atoms with E-state index in [1.54, 1.807) is 0 Å². The molecular weight excluding hydrogens is 230 g/mol. The van der Waals surface area contributed by atoms with Crippen molar-refractivity contribution in [1.29, 1.82) is 0 Å². The molecule has 1 aromatic rings. The first-order valence-electron chi connectivity index (χ1n) is 4.77. The lowest BCUT2D eigenvalue weighted by Crippen LogP contribution is -2.37. The fourth-order valence-electron chi connectivity index (χ4n) is 1.19. The van der Waals surface area contributed by atoms with Crippen LogP contribution >= 0.6 is 11.6 Å². The largest absolute Gasteiger partial charge is 0.465 e. The molecule has 6 heteroatoms. The minimum absolute atomic E-state index is 0.102. The second-order valence-electron chi connectivity index (χ2n) is 4.64. The van der Waals surface area contributed by atoms with E-state index in [-0.39, 0.29) is 10.7 Å². The van der Waals surface area contributed by atoms with Crippen LogP contribution in [0.5, 0.6) is 0 Å². The Labute approximate surface area is 99.1 Å². The first kappa shape index (κ1) is 12.7. The molecule has 1 N–H and O–H groups in total. The third-order valence-electron chi connectivity index (χ3n) is 1.78.